The Kier molecular flexibility index (Phi) is 6.52. The number of nitrogens with one attached hydrogen (secondary N) is 1. The van der Waals surface area contributed by atoms with Crippen LogP contribution in [-0.4, -0.2) is 41.9 Å². The molecule has 1 unspecified atom stereocenters. The van der Waals surface area contributed by atoms with Gasteiger partial charge in [-0.05, 0) is 37.1 Å². The van der Waals surface area contributed by atoms with Gasteiger partial charge in [0.25, 0.3) is 5.91 Å². The van der Waals surface area contributed by atoms with E-state index < -0.39 is 6.10 Å². The number of rotatable bonds is 8. The van der Waals surface area contributed by atoms with Crippen LogP contribution in [0, 0.1) is 12.8 Å². The van der Waals surface area contributed by atoms with Crippen molar-refractivity contribution in [2.45, 2.75) is 26.9 Å². The maximum Gasteiger partial charge on any atom is 0.253 e. The molecule has 6 heteroatoms. The summed E-state index contributed by atoms with van der Waals surface area (Å²) in [7, 11) is 0. The number of aromatic nitrogens is 1. The summed E-state index contributed by atoms with van der Waals surface area (Å²) in [5, 5.41) is 12.5. The Balaban J connectivity index is 1.88. The van der Waals surface area contributed by atoms with Crippen LogP contribution in [0.15, 0.2) is 34.9 Å². The van der Waals surface area contributed by atoms with Crippen LogP contribution in [0.2, 0.25) is 0 Å². The van der Waals surface area contributed by atoms with Crippen molar-refractivity contribution < 1.29 is 19.1 Å². The Morgan fingerprint density at radius 3 is 2.75 bits per heavy atom. The van der Waals surface area contributed by atoms with Crippen molar-refractivity contribution >= 4 is 5.91 Å². The Morgan fingerprint density at radius 2 is 2.12 bits per heavy atom. The lowest BCUT2D eigenvalue weighted by atomic mass is 10.1. The van der Waals surface area contributed by atoms with E-state index in [0.717, 1.165) is 0 Å². The molecule has 1 amide bonds. The maximum absolute atomic E-state index is 12.2. The fourth-order valence-corrected chi connectivity index (χ4v) is 2.17. The van der Waals surface area contributed by atoms with E-state index in [1.165, 1.54) is 0 Å². The molecule has 0 fully saturated rings. The average molecular weight is 332 g/mol. The second kappa shape index (κ2) is 8.61. The lowest BCUT2D eigenvalue weighted by Crippen LogP contribution is -2.35. The molecular weight excluding hydrogens is 308 g/mol. The minimum absolute atomic E-state index is 0.135. The van der Waals surface area contributed by atoms with E-state index in [4.69, 9.17) is 9.15 Å². The molecule has 6 nitrogen and oxygen atoms in total. The number of aliphatic hydroxyl groups is 1. The summed E-state index contributed by atoms with van der Waals surface area (Å²) in [4.78, 5) is 16.6. The first-order chi connectivity index (χ1) is 11.5. The van der Waals surface area contributed by atoms with Crippen LogP contribution < -0.4 is 5.32 Å². The Morgan fingerprint density at radius 1 is 1.33 bits per heavy atom. The molecule has 2 rings (SSSR count). The van der Waals surface area contributed by atoms with E-state index in [-0.39, 0.29) is 19.1 Å². The van der Waals surface area contributed by atoms with Gasteiger partial charge in [-0.1, -0.05) is 13.8 Å². The first kappa shape index (κ1) is 18.2. The maximum atomic E-state index is 12.2. The molecule has 0 aliphatic carbocycles. The molecule has 0 saturated heterocycles. The van der Waals surface area contributed by atoms with Gasteiger partial charge in [0.1, 0.15) is 5.69 Å². The van der Waals surface area contributed by atoms with Gasteiger partial charge in [0, 0.05) is 13.2 Å². The topological polar surface area (TPSA) is 84.6 Å². The molecule has 0 spiro atoms. The predicted octanol–water partition coefficient (Wildman–Crippen LogP) is 2.41. The molecule has 2 aromatic rings. The van der Waals surface area contributed by atoms with Gasteiger partial charge in [-0.25, -0.2) is 4.98 Å². The third-order valence-electron chi connectivity index (χ3n) is 3.36. The highest BCUT2D eigenvalue weighted by Crippen LogP contribution is 2.19. The molecule has 2 aromatic heterocycles. The zero-order valence-corrected chi connectivity index (χ0v) is 14.3. The standard InChI is InChI=1S/C18H24N2O4/c1-12(2)10-23-11-14(21)9-19-18(22)15-6-7-16(20-13(15)3)17-5-4-8-24-17/h4-8,12,14,21H,9-11H2,1-3H3,(H,19,22). The van der Waals surface area contributed by atoms with E-state index in [1.54, 1.807) is 31.4 Å². The molecule has 0 aromatic carbocycles. The van der Waals surface area contributed by atoms with Gasteiger partial charge >= 0.3 is 0 Å². The molecule has 130 valence electrons. The van der Waals surface area contributed by atoms with Crippen molar-refractivity contribution in [3.8, 4) is 11.5 Å². The highest BCUT2D eigenvalue weighted by atomic mass is 16.5. The minimum atomic E-state index is -0.733. The van der Waals surface area contributed by atoms with Crippen LogP contribution >= 0.6 is 0 Å². The van der Waals surface area contributed by atoms with Crippen LogP contribution in [0.25, 0.3) is 11.5 Å². The number of ether oxygens (including phenoxy) is 1. The second-order valence-corrected chi connectivity index (χ2v) is 6.10. The molecule has 2 N–H and O–H groups in total. The normalized spacial score (nSPS) is 12.4. The van der Waals surface area contributed by atoms with Crippen LogP contribution in [0.3, 0.4) is 0 Å². The number of hydrogen-bond donors (Lipinski definition) is 2. The number of hydrogen-bond acceptors (Lipinski definition) is 5. The third kappa shape index (κ3) is 5.18. The van der Waals surface area contributed by atoms with Crippen molar-refractivity contribution in [3.63, 3.8) is 0 Å². The molecule has 0 radical (unpaired) electrons. The van der Waals surface area contributed by atoms with E-state index in [1.807, 2.05) is 19.9 Å². The first-order valence-corrected chi connectivity index (χ1v) is 8.03. The summed E-state index contributed by atoms with van der Waals surface area (Å²) in [5.41, 5.74) is 1.75. The van der Waals surface area contributed by atoms with E-state index in [0.29, 0.717) is 35.2 Å². The molecule has 24 heavy (non-hydrogen) atoms. The quantitative estimate of drug-likeness (QED) is 0.775. The van der Waals surface area contributed by atoms with Crippen molar-refractivity contribution in [3.05, 3.63) is 41.8 Å². The van der Waals surface area contributed by atoms with E-state index in [9.17, 15) is 9.90 Å². The molecule has 0 aliphatic rings. The van der Waals surface area contributed by atoms with Gasteiger partial charge < -0.3 is 19.6 Å². The molecule has 2 heterocycles. The van der Waals surface area contributed by atoms with Gasteiger partial charge in [-0.15, -0.1) is 0 Å². The van der Waals surface area contributed by atoms with Gasteiger partial charge in [-0.3, -0.25) is 4.79 Å². The van der Waals surface area contributed by atoms with Crippen molar-refractivity contribution in [2.75, 3.05) is 19.8 Å². The Bertz CT molecular complexity index is 653. The zero-order chi connectivity index (χ0) is 17.5. The minimum Gasteiger partial charge on any atom is -0.463 e. The summed E-state index contributed by atoms with van der Waals surface area (Å²) in [6, 6.07) is 7.05. The van der Waals surface area contributed by atoms with Gasteiger partial charge in [0.2, 0.25) is 0 Å². The molecule has 0 bridgehead atoms. The average Bonchev–Trinajstić information content (AvgIpc) is 3.06. The Hall–Kier alpha value is -2.18. The summed E-state index contributed by atoms with van der Waals surface area (Å²) in [6.07, 6.45) is 0.846. The summed E-state index contributed by atoms with van der Waals surface area (Å²) in [5.74, 6) is 0.796. The number of carbonyl (C=O) groups is 1. The number of amides is 1. The predicted molar refractivity (Wildman–Crippen MR) is 90.7 cm³/mol. The van der Waals surface area contributed by atoms with Gasteiger partial charge in [0.05, 0.1) is 30.2 Å². The summed E-state index contributed by atoms with van der Waals surface area (Å²) in [6.45, 7) is 6.77. The first-order valence-electron chi connectivity index (χ1n) is 8.03. The highest BCUT2D eigenvalue weighted by molar-refractivity contribution is 5.95. The highest BCUT2D eigenvalue weighted by Gasteiger charge is 2.14. The fraction of sp³-hybridized carbons (Fsp3) is 0.444. The number of aryl methyl sites for hydroxylation is 1. The number of aliphatic hydroxyl groups excluding tert-OH is 1. The number of nitrogens with zero attached hydrogens (tertiary/aromatic N) is 1. The largest absolute Gasteiger partial charge is 0.463 e. The van der Waals surface area contributed by atoms with Crippen molar-refractivity contribution in [1.29, 1.82) is 0 Å². The molecule has 1 atom stereocenters. The lowest BCUT2D eigenvalue weighted by Gasteiger charge is -2.14. The lowest BCUT2D eigenvalue weighted by molar-refractivity contribution is 0.0259. The van der Waals surface area contributed by atoms with Gasteiger partial charge in [-0.2, -0.15) is 0 Å². The fourth-order valence-electron chi connectivity index (χ4n) is 2.17. The van der Waals surface area contributed by atoms with Crippen LogP contribution in [0.1, 0.15) is 29.9 Å². The Labute approximate surface area is 141 Å². The SMILES string of the molecule is Cc1nc(-c2ccco2)ccc1C(=O)NCC(O)COCC(C)C. The summed E-state index contributed by atoms with van der Waals surface area (Å²) >= 11 is 0. The van der Waals surface area contributed by atoms with Gasteiger partial charge in [0.15, 0.2) is 5.76 Å². The smallest absolute Gasteiger partial charge is 0.253 e. The molecule has 0 saturated carbocycles. The van der Waals surface area contributed by atoms with Crippen molar-refractivity contribution in [2.24, 2.45) is 5.92 Å². The van der Waals surface area contributed by atoms with Crippen LogP contribution in [0.4, 0.5) is 0 Å². The molecular formula is C18H24N2O4. The number of carbonyl (C=O) groups excluding carboxylic acids is 1. The molecule has 0 aliphatic heterocycles. The monoisotopic (exact) mass is 332 g/mol. The van der Waals surface area contributed by atoms with Crippen LogP contribution in [-0.2, 0) is 4.74 Å². The van der Waals surface area contributed by atoms with Crippen LogP contribution in [0.5, 0.6) is 0 Å². The van der Waals surface area contributed by atoms with E-state index in [2.05, 4.69) is 10.3 Å². The second-order valence-electron chi connectivity index (χ2n) is 6.10. The number of pyridine rings is 1. The zero-order valence-electron chi connectivity index (χ0n) is 14.3. The summed E-state index contributed by atoms with van der Waals surface area (Å²) < 4.78 is 10.6. The van der Waals surface area contributed by atoms with Crippen molar-refractivity contribution in [1.82, 2.24) is 10.3 Å². The van der Waals surface area contributed by atoms with E-state index >= 15 is 0 Å². The third-order valence-corrected chi connectivity index (χ3v) is 3.36. The number of furan rings is 1.